The van der Waals surface area contributed by atoms with E-state index in [4.69, 9.17) is 0 Å². The Balaban J connectivity index is 2.00. The third-order valence-corrected chi connectivity index (χ3v) is 3.22. The normalized spacial score (nSPS) is 18.8. The van der Waals surface area contributed by atoms with Crippen molar-refractivity contribution in [1.29, 1.82) is 0 Å². The lowest BCUT2D eigenvalue weighted by molar-refractivity contribution is 0.297. The molecular formula is C13H19N2O. The van der Waals surface area contributed by atoms with Crippen LogP contribution in [0.1, 0.15) is 24.4 Å². The standard InChI is InChI=1S/C13H19N2O/c1-14-13(10-15-8-2-3-9-15)11-4-6-12(16)7-5-11/h4-7,13,16H,2-3,8-10H2,1H3. The molecule has 1 aliphatic rings. The fourth-order valence-electron chi connectivity index (χ4n) is 2.24. The van der Waals surface area contributed by atoms with Crippen molar-refractivity contribution in [2.24, 2.45) is 0 Å². The maximum Gasteiger partial charge on any atom is 0.115 e. The highest BCUT2D eigenvalue weighted by atomic mass is 16.3. The number of likely N-dealkylation sites (tertiary alicyclic amines) is 1. The van der Waals surface area contributed by atoms with Gasteiger partial charge in [-0.3, -0.25) is 0 Å². The topological polar surface area (TPSA) is 37.6 Å². The van der Waals surface area contributed by atoms with Gasteiger partial charge in [0.2, 0.25) is 0 Å². The van der Waals surface area contributed by atoms with E-state index in [1.165, 1.54) is 31.5 Å². The van der Waals surface area contributed by atoms with E-state index >= 15 is 0 Å². The smallest absolute Gasteiger partial charge is 0.115 e. The van der Waals surface area contributed by atoms with Crippen LogP contribution in [0, 0.1) is 0 Å². The first-order chi connectivity index (χ1) is 7.79. The number of nitrogens with zero attached hydrogens (tertiary/aromatic N) is 2. The molecule has 1 fully saturated rings. The Kier molecular flexibility index (Phi) is 3.80. The highest BCUT2D eigenvalue weighted by Crippen LogP contribution is 2.20. The molecule has 1 atom stereocenters. The van der Waals surface area contributed by atoms with Gasteiger partial charge in [-0.15, -0.1) is 0 Å². The largest absolute Gasteiger partial charge is 0.508 e. The number of benzene rings is 1. The minimum atomic E-state index is 0.235. The Morgan fingerprint density at radius 2 is 1.88 bits per heavy atom. The monoisotopic (exact) mass is 219 g/mol. The van der Waals surface area contributed by atoms with Crippen molar-refractivity contribution in [3.05, 3.63) is 29.8 Å². The molecule has 2 rings (SSSR count). The fraction of sp³-hybridized carbons (Fsp3) is 0.538. The molecule has 1 aromatic rings. The van der Waals surface area contributed by atoms with E-state index < -0.39 is 0 Å². The zero-order chi connectivity index (χ0) is 11.4. The van der Waals surface area contributed by atoms with Gasteiger partial charge in [0.15, 0.2) is 0 Å². The minimum absolute atomic E-state index is 0.235. The van der Waals surface area contributed by atoms with Crippen LogP contribution in [0.2, 0.25) is 0 Å². The number of rotatable bonds is 4. The molecule has 0 bridgehead atoms. The Bertz CT molecular complexity index is 317. The van der Waals surface area contributed by atoms with E-state index in [9.17, 15) is 5.11 Å². The van der Waals surface area contributed by atoms with E-state index in [1.807, 2.05) is 19.2 Å². The summed E-state index contributed by atoms with van der Waals surface area (Å²) in [5.74, 6) is 0.319. The van der Waals surface area contributed by atoms with E-state index in [0.717, 1.165) is 6.54 Å². The predicted octanol–water partition coefficient (Wildman–Crippen LogP) is 1.76. The second-order valence-electron chi connectivity index (χ2n) is 4.37. The van der Waals surface area contributed by atoms with Gasteiger partial charge in [-0.05, 0) is 43.6 Å². The molecule has 0 amide bonds. The average molecular weight is 219 g/mol. The van der Waals surface area contributed by atoms with Gasteiger partial charge < -0.3 is 10.0 Å². The van der Waals surface area contributed by atoms with Crippen molar-refractivity contribution in [2.75, 3.05) is 26.7 Å². The van der Waals surface area contributed by atoms with Crippen LogP contribution in [-0.4, -0.2) is 36.7 Å². The van der Waals surface area contributed by atoms with Crippen LogP contribution in [0.4, 0.5) is 0 Å². The molecule has 16 heavy (non-hydrogen) atoms. The summed E-state index contributed by atoms with van der Waals surface area (Å²) in [5.41, 5.74) is 1.19. The van der Waals surface area contributed by atoms with Gasteiger partial charge in [-0.1, -0.05) is 12.1 Å². The molecule has 0 aliphatic carbocycles. The molecule has 1 unspecified atom stereocenters. The van der Waals surface area contributed by atoms with Crippen LogP contribution < -0.4 is 5.32 Å². The van der Waals surface area contributed by atoms with Crippen molar-refractivity contribution in [3.8, 4) is 5.75 Å². The Labute approximate surface area is 97.1 Å². The maximum absolute atomic E-state index is 9.25. The van der Waals surface area contributed by atoms with Crippen molar-refractivity contribution >= 4 is 0 Å². The summed E-state index contributed by atoms with van der Waals surface area (Å²) >= 11 is 0. The van der Waals surface area contributed by atoms with Crippen LogP contribution in [-0.2, 0) is 0 Å². The first kappa shape index (κ1) is 11.4. The Morgan fingerprint density at radius 3 is 2.44 bits per heavy atom. The maximum atomic E-state index is 9.25. The summed E-state index contributed by atoms with van der Waals surface area (Å²) in [7, 11) is 1.87. The molecule has 3 heteroatoms. The number of hydrogen-bond donors (Lipinski definition) is 1. The van der Waals surface area contributed by atoms with Crippen molar-refractivity contribution in [2.45, 2.75) is 18.9 Å². The summed E-state index contributed by atoms with van der Waals surface area (Å²) in [6.07, 6.45) is 2.62. The molecule has 1 radical (unpaired) electrons. The third-order valence-electron chi connectivity index (χ3n) is 3.22. The fourth-order valence-corrected chi connectivity index (χ4v) is 2.24. The highest BCUT2D eigenvalue weighted by Gasteiger charge is 2.18. The van der Waals surface area contributed by atoms with Crippen LogP contribution in [0.3, 0.4) is 0 Å². The molecule has 1 saturated heterocycles. The Morgan fingerprint density at radius 1 is 1.25 bits per heavy atom. The molecule has 1 N–H and O–H groups in total. The number of phenols is 1. The highest BCUT2D eigenvalue weighted by molar-refractivity contribution is 5.28. The van der Waals surface area contributed by atoms with E-state index in [2.05, 4.69) is 10.2 Å². The average Bonchev–Trinajstić information content (AvgIpc) is 2.80. The lowest BCUT2D eigenvalue weighted by Gasteiger charge is -2.22. The minimum Gasteiger partial charge on any atom is -0.508 e. The molecule has 0 saturated carbocycles. The summed E-state index contributed by atoms with van der Waals surface area (Å²) in [4.78, 5) is 2.46. The lowest BCUT2D eigenvalue weighted by atomic mass is 10.1. The molecule has 1 aliphatic heterocycles. The van der Waals surface area contributed by atoms with Crippen LogP contribution >= 0.6 is 0 Å². The lowest BCUT2D eigenvalue weighted by Crippen LogP contribution is -2.29. The van der Waals surface area contributed by atoms with Crippen LogP contribution in [0.25, 0.3) is 0 Å². The SMILES string of the molecule is C[N]C(CN1CCCC1)c1ccc(O)cc1. The van der Waals surface area contributed by atoms with Crippen molar-refractivity contribution in [1.82, 2.24) is 10.2 Å². The first-order valence-corrected chi connectivity index (χ1v) is 5.90. The van der Waals surface area contributed by atoms with Gasteiger partial charge in [0.25, 0.3) is 0 Å². The molecule has 1 heterocycles. The molecule has 1 aromatic carbocycles. The molecule has 0 aromatic heterocycles. The summed E-state index contributed by atoms with van der Waals surface area (Å²) in [6, 6.07) is 7.62. The number of likely N-dealkylation sites (N-methyl/N-ethyl adjacent to an activating group) is 1. The zero-order valence-corrected chi connectivity index (χ0v) is 9.76. The summed E-state index contributed by atoms with van der Waals surface area (Å²) in [6.45, 7) is 3.40. The van der Waals surface area contributed by atoms with E-state index in [1.54, 1.807) is 12.1 Å². The van der Waals surface area contributed by atoms with Gasteiger partial charge in [0.05, 0.1) is 6.04 Å². The molecular weight excluding hydrogens is 200 g/mol. The summed E-state index contributed by atoms with van der Waals surface area (Å²) < 4.78 is 0. The third kappa shape index (κ3) is 2.74. The Hall–Kier alpha value is -1.06. The van der Waals surface area contributed by atoms with Crippen molar-refractivity contribution in [3.63, 3.8) is 0 Å². The first-order valence-electron chi connectivity index (χ1n) is 5.90. The van der Waals surface area contributed by atoms with E-state index in [0.29, 0.717) is 5.75 Å². The molecule has 87 valence electrons. The predicted molar refractivity (Wildman–Crippen MR) is 64.6 cm³/mol. The zero-order valence-electron chi connectivity index (χ0n) is 9.76. The van der Waals surface area contributed by atoms with Gasteiger partial charge in [0.1, 0.15) is 5.75 Å². The van der Waals surface area contributed by atoms with Crippen molar-refractivity contribution < 1.29 is 5.11 Å². The van der Waals surface area contributed by atoms with Gasteiger partial charge in [-0.2, -0.15) is 0 Å². The van der Waals surface area contributed by atoms with Crippen LogP contribution in [0.5, 0.6) is 5.75 Å². The molecule has 0 spiro atoms. The molecule has 3 nitrogen and oxygen atoms in total. The van der Waals surface area contributed by atoms with Crippen LogP contribution in [0.15, 0.2) is 24.3 Å². The van der Waals surface area contributed by atoms with Gasteiger partial charge in [0, 0.05) is 13.6 Å². The van der Waals surface area contributed by atoms with Gasteiger partial charge in [-0.25, -0.2) is 5.32 Å². The number of phenolic OH excluding ortho intramolecular Hbond substituents is 1. The number of aromatic hydroxyl groups is 1. The summed E-state index contributed by atoms with van der Waals surface area (Å²) in [5, 5.41) is 13.7. The number of hydrogen-bond acceptors (Lipinski definition) is 2. The van der Waals surface area contributed by atoms with Gasteiger partial charge >= 0.3 is 0 Å². The second kappa shape index (κ2) is 5.32. The second-order valence-corrected chi connectivity index (χ2v) is 4.37. The van der Waals surface area contributed by atoms with E-state index in [-0.39, 0.29) is 6.04 Å². The quantitative estimate of drug-likeness (QED) is 0.838.